The van der Waals surface area contributed by atoms with Gasteiger partial charge in [0, 0.05) is 11.5 Å². The van der Waals surface area contributed by atoms with E-state index in [1.54, 1.807) is 23.5 Å². The van der Waals surface area contributed by atoms with Crippen molar-refractivity contribution >= 4 is 70.2 Å². The van der Waals surface area contributed by atoms with Gasteiger partial charge in [0.1, 0.15) is 9.42 Å². The molecule has 0 saturated carbocycles. The number of alkyl halides is 2. The zero-order valence-corrected chi connectivity index (χ0v) is 10.7. The Hall–Kier alpha value is 1.72. The maximum atomic E-state index is 5.99. The van der Waals surface area contributed by atoms with E-state index in [-0.39, 0.29) is 9.42 Å². The molecule has 0 spiro atoms. The summed E-state index contributed by atoms with van der Waals surface area (Å²) in [4.78, 5) is 0. The topological polar surface area (TPSA) is 0 Å². The van der Waals surface area contributed by atoms with E-state index >= 15 is 0 Å². The summed E-state index contributed by atoms with van der Waals surface area (Å²) >= 11 is 19.3. The van der Waals surface area contributed by atoms with Crippen molar-refractivity contribution in [1.82, 2.24) is 0 Å². The maximum Gasteiger partial charge on any atom is 0.110 e. The van der Waals surface area contributed by atoms with Gasteiger partial charge in [0.25, 0.3) is 0 Å². The van der Waals surface area contributed by atoms with Gasteiger partial charge in [0.05, 0.1) is 8.47 Å². The Morgan fingerprint density at radius 3 is 1.92 bits per heavy atom. The summed E-state index contributed by atoms with van der Waals surface area (Å²) in [6.07, 6.45) is 0. The van der Waals surface area contributed by atoms with Crippen LogP contribution in [0.15, 0.2) is 8.47 Å². The predicted octanol–water partition coefficient (Wildman–Crippen LogP) is 4.20. The first kappa shape index (κ1) is 10.2. The van der Waals surface area contributed by atoms with Crippen molar-refractivity contribution in [3.8, 4) is 0 Å². The van der Waals surface area contributed by atoms with Gasteiger partial charge in [-0.05, 0) is 0 Å². The number of hydrogen-bond donors (Lipinski definition) is 0. The van der Waals surface area contributed by atoms with Crippen molar-refractivity contribution in [2.45, 2.75) is 9.42 Å². The number of halogens is 2. The van der Waals surface area contributed by atoms with Gasteiger partial charge in [-0.2, -0.15) is 0 Å². The second kappa shape index (κ2) is 4.49. The fourth-order valence-electron chi connectivity index (χ4n) is 0.864. The minimum Gasteiger partial charge on any atom is -0.117 e. The van der Waals surface area contributed by atoms with Crippen molar-refractivity contribution < 1.29 is 0 Å². The molecule has 6 heteroatoms. The molecule has 0 radical (unpaired) electrons. The quantitative estimate of drug-likeness (QED) is 0.608. The molecular weight excluding hydrogens is 271 g/mol. The molecule has 2 aliphatic heterocycles. The zero-order chi connectivity index (χ0) is 8.55. The highest BCUT2D eigenvalue weighted by atomic mass is 35.5. The minimum absolute atomic E-state index is 0.0426. The van der Waals surface area contributed by atoms with Crippen LogP contribution in [0.1, 0.15) is 0 Å². The lowest BCUT2D eigenvalue weighted by molar-refractivity contribution is 1.35. The molecule has 2 unspecified atom stereocenters. The first-order chi connectivity index (χ1) is 5.77. The molecule has 0 nitrogen and oxygen atoms in total. The van der Waals surface area contributed by atoms with Gasteiger partial charge in [0.2, 0.25) is 0 Å². The molecule has 0 aromatic carbocycles. The summed E-state index contributed by atoms with van der Waals surface area (Å²) < 4.78 is 2.85. The molecule has 68 valence electrons. The van der Waals surface area contributed by atoms with Crippen LogP contribution in [0.4, 0.5) is 0 Å². The monoisotopic (exact) mass is 276 g/mol. The van der Waals surface area contributed by atoms with E-state index in [1.807, 2.05) is 23.5 Å². The summed E-state index contributed by atoms with van der Waals surface area (Å²) in [5, 5.41) is 0. The number of rotatable bonds is 0. The highest BCUT2D eigenvalue weighted by Gasteiger charge is 2.32. The van der Waals surface area contributed by atoms with Crippen LogP contribution in [-0.2, 0) is 0 Å². The molecular formula is C6H6Cl2S4. The summed E-state index contributed by atoms with van der Waals surface area (Å²) in [6, 6.07) is 0. The van der Waals surface area contributed by atoms with Crippen LogP contribution in [0.25, 0.3) is 0 Å². The van der Waals surface area contributed by atoms with Crippen molar-refractivity contribution in [2.24, 2.45) is 0 Å². The minimum atomic E-state index is 0.0426. The lowest BCUT2D eigenvalue weighted by Gasteiger charge is -1.97. The van der Waals surface area contributed by atoms with E-state index in [4.69, 9.17) is 23.2 Å². The van der Waals surface area contributed by atoms with Crippen LogP contribution >= 0.6 is 70.2 Å². The van der Waals surface area contributed by atoms with Gasteiger partial charge in [-0.15, -0.1) is 46.7 Å². The molecule has 2 aliphatic rings. The Morgan fingerprint density at radius 1 is 0.917 bits per heavy atom. The molecule has 2 saturated heterocycles. The molecule has 0 aromatic rings. The SMILES string of the molecule is ClC1SC(=C2SCCS2)SC1Cl. The maximum absolute atomic E-state index is 5.99. The average molecular weight is 277 g/mol. The Bertz CT molecular complexity index is 198. The zero-order valence-electron chi connectivity index (χ0n) is 5.96. The summed E-state index contributed by atoms with van der Waals surface area (Å²) in [5.74, 6) is 2.45. The largest absolute Gasteiger partial charge is 0.117 e. The number of hydrogen-bond acceptors (Lipinski definition) is 4. The Labute approximate surface area is 99.0 Å². The van der Waals surface area contributed by atoms with Gasteiger partial charge in [-0.3, -0.25) is 0 Å². The van der Waals surface area contributed by atoms with E-state index in [1.165, 1.54) is 20.0 Å². The Balaban J connectivity index is 2.10. The van der Waals surface area contributed by atoms with Crippen LogP contribution in [0.3, 0.4) is 0 Å². The molecule has 2 rings (SSSR count). The molecule has 0 amide bonds. The molecule has 0 aliphatic carbocycles. The first-order valence-electron chi connectivity index (χ1n) is 3.39. The Kier molecular flexibility index (Phi) is 3.84. The fourth-order valence-corrected chi connectivity index (χ4v) is 7.41. The fraction of sp³-hybridized carbons (Fsp3) is 0.667. The molecule has 2 heterocycles. The smallest absolute Gasteiger partial charge is 0.110 e. The standard InChI is InChI=1S/C6H6Cl2S4/c7-3-4(8)12-6(11-3)5-9-1-2-10-5/h3-4H,1-2H2. The van der Waals surface area contributed by atoms with Crippen molar-refractivity contribution in [3.05, 3.63) is 8.47 Å². The van der Waals surface area contributed by atoms with Crippen LogP contribution in [-0.4, -0.2) is 20.9 Å². The van der Waals surface area contributed by atoms with Gasteiger partial charge in [0.15, 0.2) is 0 Å². The molecule has 12 heavy (non-hydrogen) atoms. The molecule has 0 aromatic heterocycles. The third kappa shape index (κ3) is 2.20. The second-order valence-electron chi connectivity index (χ2n) is 2.21. The lowest BCUT2D eigenvalue weighted by Crippen LogP contribution is -1.96. The van der Waals surface area contributed by atoms with Crippen LogP contribution in [0.2, 0.25) is 0 Å². The van der Waals surface area contributed by atoms with Crippen molar-refractivity contribution in [1.29, 1.82) is 0 Å². The van der Waals surface area contributed by atoms with Gasteiger partial charge in [-0.25, -0.2) is 0 Å². The summed E-state index contributed by atoms with van der Waals surface area (Å²) in [6.45, 7) is 0. The van der Waals surface area contributed by atoms with Crippen LogP contribution < -0.4 is 0 Å². The summed E-state index contributed by atoms with van der Waals surface area (Å²) in [7, 11) is 0. The summed E-state index contributed by atoms with van der Waals surface area (Å²) in [5.41, 5.74) is 0. The van der Waals surface area contributed by atoms with Crippen molar-refractivity contribution in [2.75, 3.05) is 11.5 Å². The lowest BCUT2D eigenvalue weighted by atomic mass is 10.9. The van der Waals surface area contributed by atoms with E-state index in [9.17, 15) is 0 Å². The molecule has 0 bridgehead atoms. The van der Waals surface area contributed by atoms with E-state index < -0.39 is 0 Å². The van der Waals surface area contributed by atoms with Gasteiger partial charge in [-0.1, -0.05) is 23.5 Å². The highest BCUT2D eigenvalue weighted by Crippen LogP contribution is 2.56. The van der Waals surface area contributed by atoms with Crippen LogP contribution in [0.5, 0.6) is 0 Å². The second-order valence-corrected chi connectivity index (χ2v) is 8.70. The van der Waals surface area contributed by atoms with E-state index in [2.05, 4.69) is 0 Å². The third-order valence-electron chi connectivity index (χ3n) is 1.36. The number of thioether (sulfide) groups is 4. The highest BCUT2D eigenvalue weighted by molar-refractivity contribution is 8.32. The van der Waals surface area contributed by atoms with Gasteiger partial charge < -0.3 is 0 Å². The molecule has 2 fully saturated rings. The van der Waals surface area contributed by atoms with E-state index in [0.717, 1.165) is 0 Å². The molecule has 2 atom stereocenters. The average Bonchev–Trinajstić information content (AvgIpc) is 2.61. The normalized spacial score (nSPS) is 36.5. The predicted molar refractivity (Wildman–Crippen MR) is 66.4 cm³/mol. The Morgan fingerprint density at radius 2 is 1.42 bits per heavy atom. The van der Waals surface area contributed by atoms with Crippen molar-refractivity contribution in [3.63, 3.8) is 0 Å². The molecule has 0 N–H and O–H groups in total. The van der Waals surface area contributed by atoms with Gasteiger partial charge >= 0.3 is 0 Å². The first-order valence-corrected chi connectivity index (χ1v) is 7.99. The van der Waals surface area contributed by atoms with Crippen LogP contribution in [0, 0.1) is 0 Å². The van der Waals surface area contributed by atoms with E-state index in [0.29, 0.717) is 0 Å². The third-order valence-corrected chi connectivity index (χ3v) is 8.64.